The molecule has 1 saturated carbocycles. The summed E-state index contributed by atoms with van der Waals surface area (Å²) in [4.78, 5) is 15.9. The molecule has 1 N–H and O–H groups in total. The second kappa shape index (κ2) is 7.41. The summed E-state index contributed by atoms with van der Waals surface area (Å²) >= 11 is 0. The zero-order chi connectivity index (χ0) is 14.5. The van der Waals surface area contributed by atoms with Crippen LogP contribution < -0.4 is 5.32 Å². The van der Waals surface area contributed by atoms with Crippen LogP contribution in [0.1, 0.15) is 46.5 Å². The highest BCUT2D eigenvalue weighted by atomic mass is 16.2. The molecule has 2 aliphatic rings. The fourth-order valence-electron chi connectivity index (χ4n) is 3.52. The van der Waals surface area contributed by atoms with Crippen LogP contribution in [0, 0.1) is 5.92 Å². The SMILES string of the molecule is CC(=O)N1CCN(C2CCC(CNC(C)C)CC2)CC1. The maximum Gasteiger partial charge on any atom is 0.219 e. The monoisotopic (exact) mass is 281 g/mol. The quantitative estimate of drug-likeness (QED) is 0.852. The van der Waals surface area contributed by atoms with Gasteiger partial charge in [-0.25, -0.2) is 0 Å². The Morgan fingerprint density at radius 3 is 2.20 bits per heavy atom. The first kappa shape index (κ1) is 15.8. The molecule has 1 aliphatic carbocycles. The summed E-state index contributed by atoms with van der Waals surface area (Å²) in [6.45, 7) is 11.3. The van der Waals surface area contributed by atoms with Gasteiger partial charge < -0.3 is 10.2 Å². The number of hydrogen-bond donors (Lipinski definition) is 1. The standard InChI is InChI=1S/C16H31N3O/c1-13(2)17-12-15-4-6-16(7-5-15)19-10-8-18(9-11-19)14(3)20/h13,15-17H,4-12H2,1-3H3. The lowest BCUT2D eigenvalue weighted by atomic mass is 9.85. The largest absolute Gasteiger partial charge is 0.340 e. The number of nitrogens with one attached hydrogen (secondary N) is 1. The molecule has 0 atom stereocenters. The highest BCUT2D eigenvalue weighted by Crippen LogP contribution is 2.27. The van der Waals surface area contributed by atoms with Crippen LogP contribution in [0.2, 0.25) is 0 Å². The first-order valence-electron chi connectivity index (χ1n) is 8.29. The summed E-state index contributed by atoms with van der Waals surface area (Å²) in [5.41, 5.74) is 0. The van der Waals surface area contributed by atoms with Gasteiger partial charge in [0, 0.05) is 45.2 Å². The van der Waals surface area contributed by atoms with Crippen LogP contribution in [0.15, 0.2) is 0 Å². The number of amides is 1. The van der Waals surface area contributed by atoms with Crippen molar-refractivity contribution in [2.24, 2.45) is 5.92 Å². The van der Waals surface area contributed by atoms with Gasteiger partial charge >= 0.3 is 0 Å². The summed E-state index contributed by atoms with van der Waals surface area (Å²) in [5.74, 6) is 1.10. The number of carbonyl (C=O) groups excluding carboxylic acids is 1. The maximum atomic E-state index is 11.4. The van der Waals surface area contributed by atoms with Crippen LogP contribution in [0.25, 0.3) is 0 Å². The normalized spacial score (nSPS) is 28.9. The molecule has 4 nitrogen and oxygen atoms in total. The molecule has 1 heterocycles. The van der Waals surface area contributed by atoms with Gasteiger partial charge in [0.2, 0.25) is 5.91 Å². The van der Waals surface area contributed by atoms with Gasteiger partial charge in [-0.05, 0) is 38.1 Å². The van der Waals surface area contributed by atoms with Gasteiger partial charge in [0.1, 0.15) is 0 Å². The minimum absolute atomic E-state index is 0.230. The highest BCUT2D eigenvalue weighted by molar-refractivity contribution is 5.73. The van der Waals surface area contributed by atoms with E-state index in [4.69, 9.17) is 0 Å². The van der Waals surface area contributed by atoms with E-state index in [-0.39, 0.29) is 5.91 Å². The molecule has 0 aromatic rings. The Bertz CT molecular complexity index is 303. The van der Waals surface area contributed by atoms with Crippen molar-refractivity contribution in [3.63, 3.8) is 0 Å². The number of piperazine rings is 1. The van der Waals surface area contributed by atoms with Gasteiger partial charge in [-0.3, -0.25) is 9.69 Å². The van der Waals surface area contributed by atoms with Crippen molar-refractivity contribution < 1.29 is 4.79 Å². The number of rotatable bonds is 4. The molecule has 1 saturated heterocycles. The summed E-state index contributed by atoms with van der Waals surface area (Å²) in [5, 5.41) is 3.57. The molecule has 20 heavy (non-hydrogen) atoms. The lowest BCUT2D eigenvalue weighted by molar-refractivity contribution is -0.131. The first-order chi connectivity index (χ1) is 9.56. The molecule has 0 unspecified atom stereocenters. The molecule has 0 radical (unpaired) electrons. The van der Waals surface area contributed by atoms with E-state index in [0.29, 0.717) is 6.04 Å². The fourth-order valence-corrected chi connectivity index (χ4v) is 3.52. The Labute approximate surface area is 123 Å². The van der Waals surface area contributed by atoms with Crippen molar-refractivity contribution in [3.05, 3.63) is 0 Å². The molecule has 0 bridgehead atoms. The van der Waals surface area contributed by atoms with E-state index in [1.807, 2.05) is 4.90 Å². The number of carbonyl (C=O) groups is 1. The van der Waals surface area contributed by atoms with Crippen LogP contribution in [-0.4, -0.2) is 60.5 Å². The second-order valence-electron chi connectivity index (χ2n) is 6.78. The molecular formula is C16H31N3O. The van der Waals surface area contributed by atoms with Crippen molar-refractivity contribution in [1.29, 1.82) is 0 Å². The van der Waals surface area contributed by atoms with Gasteiger partial charge in [-0.1, -0.05) is 13.8 Å². The summed E-state index contributed by atoms with van der Waals surface area (Å²) < 4.78 is 0. The highest BCUT2D eigenvalue weighted by Gasteiger charge is 2.28. The van der Waals surface area contributed by atoms with Gasteiger partial charge in [-0.15, -0.1) is 0 Å². The molecule has 4 heteroatoms. The van der Waals surface area contributed by atoms with Crippen molar-refractivity contribution >= 4 is 5.91 Å². The van der Waals surface area contributed by atoms with Crippen molar-refractivity contribution in [3.8, 4) is 0 Å². The minimum Gasteiger partial charge on any atom is -0.340 e. The average molecular weight is 281 g/mol. The molecule has 0 spiro atoms. The minimum atomic E-state index is 0.230. The number of hydrogen-bond acceptors (Lipinski definition) is 3. The van der Waals surface area contributed by atoms with E-state index >= 15 is 0 Å². The van der Waals surface area contributed by atoms with Crippen molar-refractivity contribution in [2.75, 3.05) is 32.7 Å². The Hall–Kier alpha value is -0.610. The predicted octanol–water partition coefficient (Wildman–Crippen LogP) is 1.71. The van der Waals surface area contributed by atoms with E-state index in [1.54, 1.807) is 6.92 Å². The third-order valence-electron chi connectivity index (χ3n) is 4.91. The zero-order valence-electron chi connectivity index (χ0n) is 13.4. The second-order valence-corrected chi connectivity index (χ2v) is 6.78. The van der Waals surface area contributed by atoms with E-state index < -0.39 is 0 Å². The van der Waals surface area contributed by atoms with Gasteiger partial charge in [0.05, 0.1) is 0 Å². The fraction of sp³-hybridized carbons (Fsp3) is 0.938. The molecule has 1 aliphatic heterocycles. The van der Waals surface area contributed by atoms with Crippen LogP contribution in [-0.2, 0) is 4.79 Å². The van der Waals surface area contributed by atoms with Crippen LogP contribution >= 0.6 is 0 Å². The maximum absolute atomic E-state index is 11.4. The first-order valence-corrected chi connectivity index (χ1v) is 8.29. The van der Waals surface area contributed by atoms with Gasteiger partial charge in [0.15, 0.2) is 0 Å². The average Bonchev–Trinajstić information content (AvgIpc) is 2.46. The van der Waals surface area contributed by atoms with Crippen LogP contribution in [0.4, 0.5) is 0 Å². The molecule has 2 fully saturated rings. The molecule has 116 valence electrons. The van der Waals surface area contributed by atoms with Crippen molar-refractivity contribution in [2.45, 2.75) is 58.5 Å². The van der Waals surface area contributed by atoms with E-state index in [1.165, 1.54) is 32.2 Å². The van der Waals surface area contributed by atoms with E-state index in [9.17, 15) is 4.79 Å². The zero-order valence-corrected chi connectivity index (χ0v) is 13.4. The molecular weight excluding hydrogens is 250 g/mol. The smallest absolute Gasteiger partial charge is 0.219 e. The summed E-state index contributed by atoms with van der Waals surface area (Å²) in [6, 6.07) is 1.37. The van der Waals surface area contributed by atoms with Gasteiger partial charge in [0.25, 0.3) is 0 Å². The molecule has 1 amide bonds. The Morgan fingerprint density at radius 1 is 1.10 bits per heavy atom. The van der Waals surface area contributed by atoms with Crippen LogP contribution in [0.5, 0.6) is 0 Å². The molecule has 2 rings (SSSR count). The van der Waals surface area contributed by atoms with E-state index in [0.717, 1.165) is 38.1 Å². The Kier molecular flexibility index (Phi) is 5.85. The molecule has 0 aromatic heterocycles. The lowest BCUT2D eigenvalue weighted by Crippen LogP contribution is -2.52. The molecule has 0 aromatic carbocycles. The van der Waals surface area contributed by atoms with E-state index in [2.05, 4.69) is 24.1 Å². The van der Waals surface area contributed by atoms with Crippen LogP contribution in [0.3, 0.4) is 0 Å². The third kappa shape index (κ3) is 4.45. The lowest BCUT2D eigenvalue weighted by Gasteiger charge is -2.42. The topological polar surface area (TPSA) is 35.6 Å². The predicted molar refractivity (Wildman–Crippen MR) is 82.7 cm³/mol. The Morgan fingerprint density at radius 2 is 1.70 bits per heavy atom. The van der Waals surface area contributed by atoms with Crippen molar-refractivity contribution in [1.82, 2.24) is 15.1 Å². The summed E-state index contributed by atoms with van der Waals surface area (Å²) in [7, 11) is 0. The Balaban J connectivity index is 1.68. The third-order valence-corrected chi connectivity index (χ3v) is 4.91. The number of nitrogens with zero attached hydrogens (tertiary/aromatic N) is 2. The van der Waals surface area contributed by atoms with Gasteiger partial charge in [-0.2, -0.15) is 0 Å². The summed E-state index contributed by atoms with van der Waals surface area (Å²) in [6.07, 6.45) is 5.39.